The second kappa shape index (κ2) is 8.34. The van der Waals surface area contributed by atoms with E-state index in [-0.39, 0.29) is 27.7 Å². The summed E-state index contributed by atoms with van der Waals surface area (Å²) in [7, 11) is -1.53. The molecule has 1 saturated heterocycles. The minimum absolute atomic E-state index is 0.0794. The molecule has 0 radical (unpaired) electrons. The van der Waals surface area contributed by atoms with Gasteiger partial charge in [-0.1, -0.05) is 30.3 Å². The third-order valence-corrected chi connectivity index (χ3v) is 9.21. The second-order valence-corrected chi connectivity index (χ2v) is 12.2. The summed E-state index contributed by atoms with van der Waals surface area (Å²) in [6.45, 7) is 1.12. The van der Waals surface area contributed by atoms with Gasteiger partial charge in [0.25, 0.3) is 0 Å². The molecule has 2 aromatic carbocycles. The summed E-state index contributed by atoms with van der Waals surface area (Å²) in [5.41, 5.74) is 0.918. The van der Waals surface area contributed by atoms with Gasteiger partial charge in [-0.2, -0.15) is 0 Å². The standard InChI is InChI=1S/C26H32FN3O3S/c1-28-26(20-6-4-3-5-7-20)14-12-25(13-15-26)18-29(24(31)30(25)17-19-8-9-19)23-11-10-21(16-22(23)27)34(2,32)33/h3-7,10-11,16,19,28H,8-9,12-15,17-18H2,1-2H3. The molecule has 1 N–H and O–H groups in total. The zero-order chi connectivity index (χ0) is 24.1. The van der Waals surface area contributed by atoms with Gasteiger partial charge >= 0.3 is 6.03 Å². The summed E-state index contributed by atoms with van der Waals surface area (Å²) >= 11 is 0. The first-order valence-corrected chi connectivity index (χ1v) is 13.9. The van der Waals surface area contributed by atoms with Crippen molar-refractivity contribution in [2.24, 2.45) is 5.92 Å². The van der Waals surface area contributed by atoms with Crippen LogP contribution in [-0.2, 0) is 15.4 Å². The van der Waals surface area contributed by atoms with Gasteiger partial charge in [0.1, 0.15) is 5.82 Å². The number of hydrogen-bond acceptors (Lipinski definition) is 4. The van der Waals surface area contributed by atoms with Crippen LogP contribution in [0.2, 0.25) is 0 Å². The fourth-order valence-electron chi connectivity index (χ4n) is 5.76. The molecule has 2 aliphatic carbocycles. The van der Waals surface area contributed by atoms with E-state index in [4.69, 9.17) is 0 Å². The SMILES string of the molecule is CNC1(c2ccccc2)CCC2(CC1)CN(c1ccc(S(C)(=O)=O)cc1F)C(=O)N2CC1CC1. The maximum Gasteiger partial charge on any atom is 0.325 e. The normalized spacial score (nSPS) is 27.6. The summed E-state index contributed by atoms with van der Waals surface area (Å²) in [6, 6.07) is 14.1. The zero-order valence-corrected chi connectivity index (χ0v) is 20.6. The van der Waals surface area contributed by atoms with E-state index in [9.17, 15) is 13.2 Å². The maximum atomic E-state index is 15.1. The smallest absolute Gasteiger partial charge is 0.317 e. The minimum Gasteiger partial charge on any atom is -0.317 e. The lowest BCUT2D eigenvalue weighted by Crippen LogP contribution is -2.55. The van der Waals surface area contributed by atoms with Crippen molar-refractivity contribution in [3.63, 3.8) is 0 Å². The summed E-state index contributed by atoms with van der Waals surface area (Å²) in [6.07, 6.45) is 6.71. The molecule has 0 atom stereocenters. The number of amides is 2. The van der Waals surface area contributed by atoms with E-state index >= 15 is 4.39 Å². The Kier molecular flexibility index (Phi) is 5.72. The average molecular weight is 486 g/mol. The Morgan fingerprint density at radius 1 is 1.06 bits per heavy atom. The summed E-state index contributed by atoms with van der Waals surface area (Å²) in [5, 5.41) is 3.56. The van der Waals surface area contributed by atoms with Gasteiger partial charge in [0.05, 0.1) is 22.7 Å². The number of benzene rings is 2. The number of urea groups is 1. The van der Waals surface area contributed by atoms with E-state index in [0.29, 0.717) is 19.0 Å². The lowest BCUT2D eigenvalue weighted by atomic mass is 9.69. The molecule has 0 aromatic heterocycles. The molecule has 2 saturated carbocycles. The first-order valence-electron chi connectivity index (χ1n) is 12.0. The maximum absolute atomic E-state index is 15.1. The molecule has 6 nitrogen and oxygen atoms in total. The molecule has 8 heteroatoms. The van der Waals surface area contributed by atoms with E-state index < -0.39 is 15.7 Å². The predicted octanol–water partition coefficient (Wildman–Crippen LogP) is 4.31. The Bertz CT molecular complexity index is 1190. The topological polar surface area (TPSA) is 69.7 Å². The Morgan fingerprint density at radius 2 is 1.74 bits per heavy atom. The van der Waals surface area contributed by atoms with Crippen LogP contribution in [0.25, 0.3) is 0 Å². The van der Waals surface area contributed by atoms with Crippen LogP contribution in [0.15, 0.2) is 53.4 Å². The van der Waals surface area contributed by atoms with E-state index in [2.05, 4.69) is 29.6 Å². The Balaban J connectivity index is 1.45. The van der Waals surface area contributed by atoms with Gasteiger partial charge in [0.2, 0.25) is 0 Å². The number of nitrogens with zero attached hydrogens (tertiary/aromatic N) is 2. The fourth-order valence-corrected chi connectivity index (χ4v) is 6.39. The van der Waals surface area contributed by atoms with Crippen LogP contribution in [0.3, 0.4) is 0 Å². The molecule has 3 aliphatic rings. The highest BCUT2D eigenvalue weighted by atomic mass is 32.2. The molecule has 2 aromatic rings. The molecular weight excluding hydrogens is 453 g/mol. The third-order valence-electron chi connectivity index (χ3n) is 8.10. The van der Waals surface area contributed by atoms with E-state index in [1.54, 1.807) is 0 Å². The number of sulfone groups is 1. The molecule has 1 spiro atoms. The molecule has 34 heavy (non-hydrogen) atoms. The lowest BCUT2D eigenvalue weighted by Gasteiger charge is -2.48. The van der Waals surface area contributed by atoms with Crippen molar-refractivity contribution in [3.8, 4) is 0 Å². The van der Waals surface area contributed by atoms with Gasteiger partial charge < -0.3 is 10.2 Å². The van der Waals surface area contributed by atoms with Crippen LogP contribution in [0, 0.1) is 11.7 Å². The van der Waals surface area contributed by atoms with Crippen LogP contribution >= 0.6 is 0 Å². The highest BCUT2D eigenvalue weighted by Crippen LogP contribution is 2.49. The number of anilines is 1. The van der Waals surface area contributed by atoms with E-state index in [1.807, 2.05) is 18.0 Å². The molecular formula is C26H32FN3O3S. The number of hydrogen-bond donors (Lipinski definition) is 1. The summed E-state index contributed by atoms with van der Waals surface area (Å²) in [4.78, 5) is 17.1. The monoisotopic (exact) mass is 485 g/mol. The van der Waals surface area contributed by atoms with Gasteiger partial charge in [-0.25, -0.2) is 17.6 Å². The van der Waals surface area contributed by atoms with Crippen molar-refractivity contribution in [3.05, 3.63) is 59.9 Å². The van der Waals surface area contributed by atoms with E-state index in [0.717, 1.165) is 50.8 Å². The van der Waals surface area contributed by atoms with Crippen molar-refractivity contribution in [1.82, 2.24) is 10.2 Å². The molecule has 1 heterocycles. The quantitative estimate of drug-likeness (QED) is 0.662. The Morgan fingerprint density at radius 3 is 2.29 bits per heavy atom. The van der Waals surface area contributed by atoms with Crippen LogP contribution < -0.4 is 10.2 Å². The lowest BCUT2D eigenvalue weighted by molar-refractivity contribution is 0.0762. The molecule has 182 valence electrons. The number of carbonyl (C=O) groups excluding carboxylic acids is 1. The van der Waals surface area contributed by atoms with Gasteiger partial charge in [-0.05, 0) is 75.3 Å². The van der Waals surface area contributed by atoms with Gasteiger partial charge in [0, 0.05) is 18.3 Å². The van der Waals surface area contributed by atoms with Crippen LogP contribution in [0.4, 0.5) is 14.9 Å². The van der Waals surface area contributed by atoms with Crippen molar-refractivity contribution in [2.75, 3.05) is 31.3 Å². The van der Waals surface area contributed by atoms with Crippen molar-refractivity contribution in [2.45, 2.75) is 54.5 Å². The minimum atomic E-state index is -3.53. The molecule has 2 amide bonds. The highest BCUT2D eigenvalue weighted by molar-refractivity contribution is 7.90. The molecule has 0 unspecified atom stereocenters. The first-order chi connectivity index (χ1) is 16.2. The van der Waals surface area contributed by atoms with Crippen LogP contribution in [0.1, 0.15) is 44.1 Å². The largest absolute Gasteiger partial charge is 0.325 e. The summed E-state index contributed by atoms with van der Waals surface area (Å²) in [5.74, 6) is -0.160. The Hall–Kier alpha value is -2.45. The number of nitrogens with one attached hydrogen (secondary N) is 1. The zero-order valence-electron chi connectivity index (χ0n) is 19.8. The van der Waals surface area contributed by atoms with Crippen molar-refractivity contribution >= 4 is 21.6 Å². The summed E-state index contributed by atoms with van der Waals surface area (Å²) < 4.78 is 38.8. The molecule has 5 rings (SSSR count). The van der Waals surface area contributed by atoms with Gasteiger partial charge in [-0.15, -0.1) is 0 Å². The fraction of sp³-hybridized carbons (Fsp3) is 0.500. The molecule has 1 aliphatic heterocycles. The van der Waals surface area contributed by atoms with Crippen LogP contribution in [0.5, 0.6) is 0 Å². The third kappa shape index (κ3) is 4.01. The van der Waals surface area contributed by atoms with Crippen molar-refractivity contribution < 1.29 is 17.6 Å². The number of rotatable bonds is 6. The number of halogens is 1. The van der Waals surface area contributed by atoms with Gasteiger partial charge in [-0.3, -0.25) is 4.90 Å². The highest BCUT2D eigenvalue weighted by Gasteiger charge is 2.55. The average Bonchev–Trinajstić information content (AvgIpc) is 3.61. The molecule has 0 bridgehead atoms. The Labute approximate surface area is 201 Å². The van der Waals surface area contributed by atoms with Crippen molar-refractivity contribution in [1.29, 1.82) is 0 Å². The second-order valence-electron chi connectivity index (χ2n) is 10.2. The molecule has 3 fully saturated rings. The van der Waals surface area contributed by atoms with Gasteiger partial charge in [0.15, 0.2) is 9.84 Å². The first kappa shape index (κ1) is 23.3. The predicted molar refractivity (Wildman–Crippen MR) is 130 cm³/mol. The van der Waals surface area contributed by atoms with E-state index in [1.165, 1.54) is 22.6 Å². The number of carbonyl (C=O) groups is 1. The van der Waals surface area contributed by atoms with Crippen LogP contribution in [-0.4, -0.2) is 51.3 Å².